The highest BCUT2D eigenvalue weighted by Crippen LogP contribution is 2.26. The SMILES string of the molecule is O=C(Nc1cccnc1)c1ccccc1SCc1ccccc1. The summed E-state index contributed by atoms with van der Waals surface area (Å²) in [5.41, 5.74) is 2.61. The molecule has 1 heterocycles. The molecule has 3 rings (SSSR count). The quantitative estimate of drug-likeness (QED) is 0.697. The summed E-state index contributed by atoms with van der Waals surface area (Å²) >= 11 is 1.66. The van der Waals surface area contributed by atoms with E-state index < -0.39 is 0 Å². The molecule has 0 fully saturated rings. The Bertz CT molecular complexity index is 776. The van der Waals surface area contributed by atoms with Gasteiger partial charge < -0.3 is 5.32 Å². The first-order valence-corrected chi connectivity index (χ1v) is 8.28. The summed E-state index contributed by atoms with van der Waals surface area (Å²) in [5.74, 6) is 0.715. The molecule has 0 radical (unpaired) electrons. The molecule has 114 valence electrons. The van der Waals surface area contributed by atoms with Crippen LogP contribution in [0.4, 0.5) is 5.69 Å². The molecule has 1 amide bonds. The molecule has 0 bridgehead atoms. The van der Waals surface area contributed by atoms with Crippen LogP contribution < -0.4 is 5.32 Å². The van der Waals surface area contributed by atoms with Crippen molar-refractivity contribution < 1.29 is 4.79 Å². The molecule has 0 aliphatic rings. The van der Waals surface area contributed by atoms with E-state index in [-0.39, 0.29) is 5.91 Å². The standard InChI is InChI=1S/C19H16N2OS/c22-19(21-16-9-6-12-20-13-16)17-10-4-5-11-18(17)23-14-15-7-2-1-3-8-15/h1-13H,14H2,(H,21,22). The number of pyridine rings is 1. The van der Waals surface area contributed by atoms with Gasteiger partial charge in [0.25, 0.3) is 5.91 Å². The Hall–Kier alpha value is -2.59. The minimum Gasteiger partial charge on any atom is -0.321 e. The van der Waals surface area contributed by atoms with Gasteiger partial charge >= 0.3 is 0 Å². The Morgan fingerprint density at radius 1 is 0.957 bits per heavy atom. The number of rotatable bonds is 5. The second-order valence-corrected chi connectivity index (χ2v) is 5.98. The van der Waals surface area contributed by atoms with E-state index in [2.05, 4.69) is 22.4 Å². The fraction of sp³-hybridized carbons (Fsp3) is 0.0526. The number of hydrogen-bond donors (Lipinski definition) is 1. The number of carbonyl (C=O) groups excluding carboxylic acids is 1. The first-order chi connectivity index (χ1) is 11.3. The van der Waals surface area contributed by atoms with Gasteiger partial charge in [0.15, 0.2) is 0 Å². The fourth-order valence-electron chi connectivity index (χ4n) is 2.15. The van der Waals surface area contributed by atoms with Gasteiger partial charge in [-0.25, -0.2) is 0 Å². The molecule has 0 saturated carbocycles. The van der Waals surface area contributed by atoms with Crippen molar-refractivity contribution in [3.8, 4) is 0 Å². The average molecular weight is 320 g/mol. The van der Waals surface area contributed by atoms with Crippen molar-refractivity contribution in [1.82, 2.24) is 4.98 Å². The van der Waals surface area contributed by atoms with Gasteiger partial charge in [-0.15, -0.1) is 11.8 Å². The van der Waals surface area contributed by atoms with Crippen LogP contribution in [-0.2, 0) is 5.75 Å². The predicted molar refractivity (Wildman–Crippen MR) is 94.6 cm³/mol. The summed E-state index contributed by atoms with van der Waals surface area (Å²) in [7, 11) is 0. The summed E-state index contributed by atoms with van der Waals surface area (Å²) in [6.45, 7) is 0. The maximum Gasteiger partial charge on any atom is 0.256 e. The van der Waals surface area contributed by atoms with Crippen LogP contribution in [0.25, 0.3) is 0 Å². The molecular weight excluding hydrogens is 304 g/mol. The van der Waals surface area contributed by atoms with Gasteiger partial charge in [0.05, 0.1) is 17.4 Å². The number of nitrogens with zero attached hydrogens (tertiary/aromatic N) is 1. The lowest BCUT2D eigenvalue weighted by Gasteiger charge is -2.10. The van der Waals surface area contributed by atoms with E-state index in [0.717, 1.165) is 10.6 Å². The Labute approximate surface area is 139 Å². The van der Waals surface area contributed by atoms with E-state index >= 15 is 0 Å². The number of thioether (sulfide) groups is 1. The van der Waals surface area contributed by atoms with Crippen molar-refractivity contribution in [3.05, 3.63) is 90.3 Å². The van der Waals surface area contributed by atoms with Gasteiger partial charge in [-0.2, -0.15) is 0 Å². The molecule has 3 aromatic rings. The minimum atomic E-state index is -0.117. The molecule has 23 heavy (non-hydrogen) atoms. The highest BCUT2D eigenvalue weighted by molar-refractivity contribution is 7.98. The summed E-state index contributed by atoms with van der Waals surface area (Å²) in [6, 6.07) is 21.5. The summed E-state index contributed by atoms with van der Waals surface area (Å²) in [4.78, 5) is 17.5. The first kappa shape index (κ1) is 15.3. The van der Waals surface area contributed by atoms with Crippen LogP contribution in [0, 0.1) is 0 Å². The molecular formula is C19H16N2OS. The lowest BCUT2D eigenvalue weighted by atomic mass is 10.2. The van der Waals surface area contributed by atoms with Crippen molar-refractivity contribution in [2.24, 2.45) is 0 Å². The maximum absolute atomic E-state index is 12.5. The van der Waals surface area contributed by atoms with Gasteiger partial charge in [-0.1, -0.05) is 42.5 Å². The van der Waals surface area contributed by atoms with Crippen LogP contribution in [0.3, 0.4) is 0 Å². The largest absolute Gasteiger partial charge is 0.321 e. The average Bonchev–Trinajstić information content (AvgIpc) is 2.62. The topological polar surface area (TPSA) is 42.0 Å². The molecule has 3 nitrogen and oxygen atoms in total. The summed E-state index contributed by atoms with van der Waals surface area (Å²) < 4.78 is 0. The van der Waals surface area contributed by atoms with Gasteiger partial charge in [-0.3, -0.25) is 9.78 Å². The molecule has 0 spiro atoms. The lowest BCUT2D eigenvalue weighted by Crippen LogP contribution is -2.13. The van der Waals surface area contributed by atoms with E-state index in [1.165, 1.54) is 5.56 Å². The third kappa shape index (κ3) is 4.20. The molecule has 1 aromatic heterocycles. The zero-order chi connectivity index (χ0) is 15.9. The molecule has 4 heteroatoms. The van der Waals surface area contributed by atoms with Crippen LogP contribution in [0.5, 0.6) is 0 Å². The normalized spacial score (nSPS) is 10.3. The van der Waals surface area contributed by atoms with Crippen LogP contribution in [0.1, 0.15) is 15.9 Å². The van der Waals surface area contributed by atoms with Crippen molar-refractivity contribution in [3.63, 3.8) is 0 Å². The van der Waals surface area contributed by atoms with Gasteiger partial charge in [0.2, 0.25) is 0 Å². The van der Waals surface area contributed by atoms with Crippen LogP contribution in [-0.4, -0.2) is 10.9 Å². The van der Waals surface area contributed by atoms with Crippen molar-refractivity contribution in [2.75, 3.05) is 5.32 Å². The van der Waals surface area contributed by atoms with E-state index in [4.69, 9.17) is 0 Å². The molecule has 0 aliphatic heterocycles. The van der Waals surface area contributed by atoms with Crippen molar-refractivity contribution in [2.45, 2.75) is 10.6 Å². The number of hydrogen-bond acceptors (Lipinski definition) is 3. The molecule has 0 aliphatic carbocycles. The van der Waals surface area contributed by atoms with E-state index in [0.29, 0.717) is 11.3 Å². The Balaban J connectivity index is 1.73. The Morgan fingerprint density at radius 3 is 2.52 bits per heavy atom. The Morgan fingerprint density at radius 2 is 1.74 bits per heavy atom. The van der Waals surface area contributed by atoms with Gasteiger partial charge in [0.1, 0.15) is 0 Å². The van der Waals surface area contributed by atoms with Crippen LogP contribution in [0.2, 0.25) is 0 Å². The zero-order valence-corrected chi connectivity index (χ0v) is 13.3. The number of aromatic nitrogens is 1. The number of amides is 1. The second kappa shape index (κ2) is 7.61. The van der Waals surface area contributed by atoms with E-state index in [1.54, 1.807) is 30.2 Å². The third-order valence-electron chi connectivity index (χ3n) is 3.29. The van der Waals surface area contributed by atoms with E-state index in [9.17, 15) is 4.79 Å². The summed E-state index contributed by atoms with van der Waals surface area (Å²) in [5, 5.41) is 2.88. The third-order valence-corrected chi connectivity index (χ3v) is 4.43. The monoisotopic (exact) mass is 320 g/mol. The second-order valence-electron chi connectivity index (χ2n) is 4.97. The molecule has 0 atom stereocenters. The van der Waals surface area contributed by atoms with Gasteiger partial charge in [0, 0.05) is 16.8 Å². The molecule has 1 N–H and O–H groups in total. The number of carbonyl (C=O) groups is 1. The first-order valence-electron chi connectivity index (χ1n) is 7.30. The van der Waals surface area contributed by atoms with Crippen LogP contribution >= 0.6 is 11.8 Å². The molecule has 0 saturated heterocycles. The summed E-state index contributed by atoms with van der Waals surface area (Å²) in [6.07, 6.45) is 3.32. The smallest absolute Gasteiger partial charge is 0.256 e. The minimum absolute atomic E-state index is 0.117. The van der Waals surface area contributed by atoms with Crippen molar-refractivity contribution >= 4 is 23.4 Å². The number of benzene rings is 2. The van der Waals surface area contributed by atoms with Gasteiger partial charge in [-0.05, 0) is 29.8 Å². The molecule has 2 aromatic carbocycles. The Kier molecular flexibility index (Phi) is 5.06. The maximum atomic E-state index is 12.5. The fourth-order valence-corrected chi connectivity index (χ4v) is 3.16. The molecule has 0 unspecified atom stereocenters. The highest BCUT2D eigenvalue weighted by Gasteiger charge is 2.11. The highest BCUT2D eigenvalue weighted by atomic mass is 32.2. The zero-order valence-electron chi connectivity index (χ0n) is 12.5. The van der Waals surface area contributed by atoms with Crippen molar-refractivity contribution in [1.29, 1.82) is 0 Å². The number of anilines is 1. The van der Waals surface area contributed by atoms with E-state index in [1.807, 2.05) is 48.5 Å². The van der Waals surface area contributed by atoms with Crippen LogP contribution in [0.15, 0.2) is 84.0 Å². The lowest BCUT2D eigenvalue weighted by molar-refractivity contribution is 0.102. The predicted octanol–water partition coefficient (Wildman–Crippen LogP) is 4.63. The number of nitrogens with one attached hydrogen (secondary N) is 1.